The number of nitrogens with zero attached hydrogens (tertiary/aromatic N) is 4. The first-order valence-corrected chi connectivity index (χ1v) is 15.5. The molecule has 0 aliphatic heterocycles. The average molecular weight is 627 g/mol. The lowest BCUT2D eigenvalue weighted by atomic mass is 9.84. The molecule has 2 heterocycles. The molecule has 47 heavy (non-hydrogen) atoms. The summed E-state index contributed by atoms with van der Waals surface area (Å²) in [6, 6.07) is 34.2. The van der Waals surface area contributed by atoms with Crippen molar-refractivity contribution in [3.05, 3.63) is 162 Å². The van der Waals surface area contributed by atoms with Gasteiger partial charge in [0.05, 0.1) is 12.2 Å². The summed E-state index contributed by atoms with van der Waals surface area (Å²) < 4.78 is 19.1. The first-order chi connectivity index (χ1) is 22.9. The highest BCUT2D eigenvalue weighted by atomic mass is 19.1. The minimum absolute atomic E-state index is 0.267. The van der Waals surface area contributed by atoms with Gasteiger partial charge in [0.25, 0.3) is 5.91 Å². The minimum atomic E-state index is -1.05. The lowest BCUT2D eigenvalue weighted by Gasteiger charge is -2.28. The van der Waals surface area contributed by atoms with Gasteiger partial charge in [-0.2, -0.15) is 10.2 Å². The van der Waals surface area contributed by atoms with Gasteiger partial charge >= 0.3 is 0 Å². The number of carbonyl (C=O) groups excluding carboxylic acids is 2. The number of nitrogens with one attached hydrogen (secondary N) is 2. The second kappa shape index (κ2) is 14.1. The number of carbonyl (C=O) groups is 2. The quantitative estimate of drug-likeness (QED) is 0.165. The zero-order valence-corrected chi connectivity index (χ0v) is 26.2. The lowest BCUT2D eigenvalue weighted by Crippen LogP contribution is -2.48. The third-order valence-electron chi connectivity index (χ3n) is 8.13. The summed E-state index contributed by atoms with van der Waals surface area (Å²) in [6.07, 6.45) is 3.38. The Morgan fingerprint density at radius 1 is 0.830 bits per heavy atom. The standard InChI is InChI=1S/C38H35FN6O2/c1-3-45-34(21-22-40-45)37(46)42-36(35(28-15-9-5-10-16-28)29-17-11-6-12-18-29)38(47)41-30-19-20-31(33(39)23-30)32-25-44(43-26(32)2)24-27-13-7-4-8-14-27/h4-23,25,35-36H,3,24H2,1-2H3,(H,41,47)(H,42,46)/t36-/m0/s1. The van der Waals surface area contributed by atoms with Crippen LogP contribution in [-0.2, 0) is 17.9 Å². The predicted octanol–water partition coefficient (Wildman–Crippen LogP) is 6.83. The van der Waals surface area contributed by atoms with Crippen molar-refractivity contribution in [2.24, 2.45) is 0 Å². The van der Waals surface area contributed by atoms with Crippen LogP contribution in [0.4, 0.5) is 10.1 Å². The van der Waals surface area contributed by atoms with Crippen LogP contribution in [0, 0.1) is 12.7 Å². The van der Waals surface area contributed by atoms with Gasteiger partial charge in [-0.3, -0.25) is 19.0 Å². The number of hydrogen-bond donors (Lipinski definition) is 2. The first-order valence-electron chi connectivity index (χ1n) is 15.5. The van der Waals surface area contributed by atoms with E-state index in [9.17, 15) is 9.59 Å². The van der Waals surface area contributed by atoms with E-state index >= 15 is 4.39 Å². The minimum Gasteiger partial charge on any atom is -0.338 e. The van der Waals surface area contributed by atoms with Gasteiger partial charge in [-0.15, -0.1) is 0 Å². The molecule has 0 aliphatic rings. The molecule has 2 N–H and O–H groups in total. The molecule has 0 fully saturated rings. The first kappa shape index (κ1) is 31.2. The summed E-state index contributed by atoms with van der Waals surface area (Å²) in [5, 5.41) is 14.7. The zero-order chi connectivity index (χ0) is 32.8. The Hall–Kier alpha value is -5.83. The van der Waals surface area contributed by atoms with Crippen LogP contribution in [0.25, 0.3) is 11.1 Å². The fraction of sp³-hybridized carbons (Fsp3) is 0.158. The fourth-order valence-corrected chi connectivity index (χ4v) is 5.86. The van der Waals surface area contributed by atoms with E-state index in [4.69, 9.17) is 0 Å². The van der Waals surface area contributed by atoms with Crippen LogP contribution in [0.5, 0.6) is 0 Å². The molecule has 6 rings (SSSR count). The van der Waals surface area contributed by atoms with Gasteiger partial charge in [-0.25, -0.2) is 4.39 Å². The number of aryl methyl sites for hydroxylation is 2. The smallest absolute Gasteiger partial charge is 0.270 e. The Bertz CT molecular complexity index is 1930. The fourth-order valence-electron chi connectivity index (χ4n) is 5.86. The number of aromatic nitrogens is 4. The topological polar surface area (TPSA) is 93.8 Å². The van der Waals surface area contributed by atoms with Crippen molar-refractivity contribution in [3.8, 4) is 11.1 Å². The van der Waals surface area contributed by atoms with Crippen molar-refractivity contribution in [2.45, 2.75) is 38.9 Å². The number of anilines is 1. The molecular formula is C38H35FN6O2. The summed E-state index contributed by atoms with van der Waals surface area (Å²) >= 11 is 0. The highest BCUT2D eigenvalue weighted by molar-refractivity contribution is 6.01. The third-order valence-corrected chi connectivity index (χ3v) is 8.13. The normalized spacial score (nSPS) is 11.7. The van der Waals surface area contributed by atoms with Crippen LogP contribution >= 0.6 is 0 Å². The number of halogens is 1. The Morgan fingerprint density at radius 2 is 1.47 bits per heavy atom. The summed E-state index contributed by atoms with van der Waals surface area (Å²) in [7, 11) is 0. The molecule has 8 nitrogen and oxygen atoms in total. The van der Waals surface area contributed by atoms with Crippen molar-refractivity contribution in [2.75, 3.05) is 5.32 Å². The summed E-state index contributed by atoms with van der Waals surface area (Å²) in [5.74, 6) is -1.97. The van der Waals surface area contributed by atoms with E-state index in [1.54, 1.807) is 33.8 Å². The molecule has 0 radical (unpaired) electrons. The van der Waals surface area contributed by atoms with Crippen LogP contribution in [0.3, 0.4) is 0 Å². The molecule has 0 unspecified atom stereocenters. The Morgan fingerprint density at radius 3 is 2.09 bits per heavy atom. The molecule has 9 heteroatoms. The zero-order valence-electron chi connectivity index (χ0n) is 26.2. The van der Waals surface area contributed by atoms with Crippen molar-refractivity contribution in [3.63, 3.8) is 0 Å². The molecule has 0 bridgehead atoms. The molecular weight excluding hydrogens is 591 g/mol. The number of rotatable bonds is 11. The monoisotopic (exact) mass is 626 g/mol. The van der Waals surface area contributed by atoms with Gasteiger partial charge in [0.2, 0.25) is 5.91 Å². The van der Waals surface area contributed by atoms with Crippen LogP contribution in [0.1, 0.15) is 45.7 Å². The summed E-state index contributed by atoms with van der Waals surface area (Å²) in [5.41, 5.74) is 5.11. The highest BCUT2D eigenvalue weighted by Crippen LogP contribution is 2.31. The molecule has 6 aromatic rings. The highest BCUT2D eigenvalue weighted by Gasteiger charge is 2.33. The van der Waals surface area contributed by atoms with E-state index in [0.29, 0.717) is 35.6 Å². The van der Waals surface area contributed by atoms with Gasteiger partial charge < -0.3 is 10.6 Å². The number of benzene rings is 4. The molecule has 0 aliphatic carbocycles. The van der Waals surface area contributed by atoms with E-state index in [2.05, 4.69) is 20.8 Å². The van der Waals surface area contributed by atoms with E-state index in [1.807, 2.05) is 111 Å². The Balaban J connectivity index is 1.30. The van der Waals surface area contributed by atoms with Crippen molar-refractivity contribution in [1.29, 1.82) is 0 Å². The van der Waals surface area contributed by atoms with Gasteiger partial charge in [-0.1, -0.05) is 91.0 Å². The van der Waals surface area contributed by atoms with Gasteiger partial charge in [0, 0.05) is 41.7 Å². The lowest BCUT2D eigenvalue weighted by molar-refractivity contribution is -0.118. The van der Waals surface area contributed by atoms with Crippen LogP contribution in [0.15, 0.2) is 128 Å². The maximum atomic E-state index is 15.7. The van der Waals surface area contributed by atoms with E-state index < -0.39 is 29.6 Å². The molecule has 236 valence electrons. The van der Waals surface area contributed by atoms with Crippen LogP contribution < -0.4 is 10.6 Å². The summed E-state index contributed by atoms with van der Waals surface area (Å²) in [4.78, 5) is 27.8. The molecule has 2 amide bonds. The second-order valence-corrected chi connectivity index (χ2v) is 11.3. The van der Waals surface area contributed by atoms with Crippen LogP contribution in [0.2, 0.25) is 0 Å². The third kappa shape index (κ3) is 7.04. The SMILES string of the molecule is CCn1nccc1C(=O)N[C@H](C(=O)Nc1ccc(-c2cn(Cc3ccccc3)nc2C)c(F)c1)C(c1ccccc1)c1ccccc1. The van der Waals surface area contributed by atoms with E-state index in [0.717, 1.165) is 16.7 Å². The molecule has 0 saturated heterocycles. The predicted molar refractivity (Wildman–Crippen MR) is 180 cm³/mol. The van der Waals surface area contributed by atoms with Gasteiger partial charge in [-0.05, 0) is 54.8 Å². The Labute approximate surface area is 272 Å². The molecule has 0 saturated carbocycles. The maximum absolute atomic E-state index is 15.7. The summed E-state index contributed by atoms with van der Waals surface area (Å²) in [6.45, 7) is 4.78. The number of amides is 2. The molecule has 4 aromatic carbocycles. The van der Waals surface area contributed by atoms with Crippen molar-refractivity contribution < 1.29 is 14.0 Å². The van der Waals surface area contributed by atoms with Gasteiger partial charge in [0.15, 0.2) is 0 Å². The van der Waals surface area contributed by atoms with Gasteiger partial charge in [0.1, 0.15) is 17.6 Å². The van der Waals surface area contributed by atoms with E-state index in [1.165, 1.54) is 6.07 Å². The largest absolute Gasteiger partial charge is 0.338 e. The molecule has 1 atom stereocenters. The average Bonchev–Trinajstić information content (AvgIpc) is 3.72. The Kier molecular flexibility index (Phi) is 9.33. The maximum Gasteiger partial charge on any atom is 0.270 e. The second-order valence-electron chi connectivity index (χ2n) is 11.3. The molecule has 0 spiro atoms. The van der Waals surface area contributed by atoms with E-state index in [-0.39, 0.29) is 5.69 Å². The number of hydrogen-bond acceptors (Lipinski definition) is 4. The van der Waals surface area contributed by atoms with Crippen molar-refractivity contribution >= 4 is 17.5 Å². The van der Waals surface area contributed by atoms with Crippen LogP contribution in [-0.4, -0.2) is 37.4 Å². The molecule has 2 aromatic heterocycles. The van der Waals surface area contributed by atoms with Crippen molar-refractivity contribution in [1.82, 2.24) is 24.9 Å².